The number of carbonyl (C=O) groups excluding carboxylic acids is 1. The molecule has 1 N–H and O–H groups in total. The summed E-state index contributed by atoms with van der Waals surface area (Å²) >= 11 is 2.49. The Morgan fingerprint density at radius 1 is 1.24 bits per heavy atom. The fourth-order valence-electron chi connectivity index (χ4n) is 2.47. The summed E-state index contributed by atoms with van der Waals surface area (Å²) in [7, 11) is 0. The van der Waals surface area contributed by atoms with Gasteiger partial charge in [0.05, 0.1) is 22.6 Å². The number of fused-ring (bicyclic) bond motifs is 1. The quantitative estimate of drug-likeness (QED) is 0.428. The Balaban J connectivity index is 1.35. The molecule has 0 aliphatic rings. The van der Waals surface area contributed by atoms with Gasteiger partial charge >= 0.3 is 0 Å². The van der Waals surface area contributed by atoms with Gasteiger partial charge in [0.2, 0.25) is 11.8 Å². The van der Waals surface area contributed by atoms with Gasteiger partial charge in [-0.3, -0.25) is 4.79 Å². The number of hydrogen-bond donors (Lipinski definition) is 1. The number of halogens is 1. The summed E-state index contributed by atoms with van der Waals surface area (Å²) in [5.74, 6) is 0.546. The van der Waals surface area contributed by atoms with Gasteiger partial charge in [-0.05, 0) is 49.4 Å². The predicted molar refractivity (Wildman–Crippen MR) is 110 cm³/mol. The van der Waals surface area contributed by atoms with Gasteiger partial charge in [0.15, 0.2) is 5.13 Å². The molecule has 4 rings (SSSR count). The topological polar surface area (TPSA) is 90.1 Å². The van der Waals surface area contributed by atoms with Crippen LogP contribution in [0.15, 0.2) is 52.1 Å². The van der Waals surface area contributed by atoms with E-state index < -0.39 is 0 Å². The number of hydrogen-bond acceptors (Lipinski definition) is 8. The highest BCUT2D eigenvalue weighted by Gasteiger charge is 2.13. The SMILES string of the molecule is CCOc1ccc2nc(NC(=O)CSc3nnc(-c4ccc(F)cc4)o3)sc2c1. The van der Waals surface area contributed by atoms with Crippen LogP contribution in [0.2, 0.25) is 0 Å². The van der Waals surface area contributed by atoms with Crippen molar-refractivity contribution in [2.75, 3.05) is 17.7 Å². The van der Waals surface area contributed by atoms with Crippen molar-refractivity contribution >= 4 is 44.4 Å². The number of thiazole rings is 1. The molecule has 0 saturated heterocycles. The van der Waals surface area contributed by atoms with Crippen LogP contribution in [0.5, 0.6) is 5.75 Å². The third kappa shape index (κ3) is 4.72. The molecule has 0 aliphatic heterocycles. The summed E-state index contributed by atoms with van der Waals surface area (Å²) in [5.41, 5.74) is 1.40. The van der Waals surface area contributed by atoms with Gasteiger partial charge in [-0.1, -0.05) is 23.1 Å². The smallest absolute Gasteiger partial charge is 0.277 e. The molecule has 2 aromatic heterocycles. The predicted octanol–water partition coefficient (Wildman–Crippen LogP) is 4.61. The number of nitrogens with one attached hydrogen (secondary N) is 1. The Labute approximate surface area is 173 Å². The lowest BCUT2D eigenvalue weighted by Crippen LogP contribution is -2.13. The largest absolute Gasteiger partial charge is 0.494 e. The molecule has 0 fully saturated rings. The molecule has 0 unspecified atom stereocenters. The van der Waals surface area contributed by atoms with Crippen molar-refractivity contribution in [2.24, 2.45) is 0 Å². The number of amides is 1. The van der Waals surface area contributed by atoms with Crippen LogP contribution in [0, 0.1) is 5.82 Å². The maximum Gasteiger partial charge on any atom is 0.277 e. The summed E-state index contributed by atoms with van der Waals surface area (Å²) in [6.45, 7) is 2.51. The van der Waals surface area contributed by atoms with E-state index in [2.05, 4.69) is 20.5 Å². The van der Waals surface area contributed by atoms with Gasteiger partial charge in [-0.2, -0.15) is 0 Å². The minimum Gasteiger partial charge on any atom is -0.494 e. The molecule has 0 saturated carbocycles. The molecule has 0 spiro atoms. The van der Waals surface area contributed by atoms with Gasteiger partial charge in [0, 0.05) is 5.56 Å². The zero-order chi connectivity index (χ0) is 20.2. The lowest BCUT2D eigenvalue weighted by molar-refractivity contribution is -0.113. The average molecular weight is 430 g/mol. The minimum atomic E-state index is -0.344. The summed E-state index contributed by atoms with van der Waals surface area (Å²) in [4.78, 5) is 16.6. The second kappa shape index (κ2) is 8.58. The fourth-order valence-corrected chi connectivity index (χ4v) is 3.95. The molecular weight excluding hydrogens is 415 g/mol. The summed E-state index contributed by atoms with van der Waals surface area (Å²) in [6, 6.07) is 11.3. The van der Waals surface area contributed by atoms with Crippen molar-refractivity contribution in [2.45, 2.75) is 12.1 Å². The van der Waals surface area contributed by atoms with Crippen molar-refractivity contribution in [1.29, 1.82) is 0 Å². The molecule has 1 amide bonds. The number of anilines is 1. The van der Waals surface area contributed by atoms with Crippen molar-refractivity contribution in [3.05, 3.63) is 48.3 Å². The van der Waals surface area contributed by atoms with Crippen LogP contribution in [0.25, 0.3) is 21.7 Å². The molecule has 0 aliphatic carbocycles. The molecule has 0 atom stereocenters. The number of nitrogens with zero attached hydrogens (tertiary/aromatic N) is 3. The van der Waals surface area contributed by atoms with Gasteiger partial charge in [0.25, 0.3) is 5.22 Å². The Morgan fingerprint density at radius 3 is 2.86 bits per heavy atom. The van der Waals surface area contributed by atoms with E-state index in [-0.39, 0.29) is 28.6 Å². The number of benzene rings is 2. The molecule has 4 aromatic rings. The number of aromatic nitrogens is 3. The number of carbonyl (C=O) groups is 1. The number of rotatable bonds is 7. The van der Waals surface area contributed by atoms with Crippen LogP contribution >= 0.6 is 23.1 Å². The van der Waals surface area contributed by atoms with Crippen LogP contribution < -0.4 is 10.1 Å². The highest BCUT2D eigenvalue weighted by atomic mass is 32.2. The van der Waals surface area contributed by atoms with Crippen molar-refractivity contribution < 1.29 is 18.3 Å². The van der Waals surface area contributed by atoms with E-state index in [1.54, 1.807) is 12.1 Å². The Morgan fingerprint density at radius 2 is 2.07 bits per heavy atom. The minimum absolute atomic E-state index is 0.0885. The lowest BCUT2D eigenvalue weighted by Gasteiger charge is -2.00. The fraction of sp³-hybridized carbons (Fsp3) is 0.158. The molecule has 2 heterocycles. The monoisotopic (exact) mass is 430 g/mol. The maximum absolute atomic E-state index is 13.0. The first-order valence-corrected chi connectivity index (χ1v) is 10.5. The van der Waals surface area contributed by atoms with Gasteiger partial charge in [-0.25, -0.2) is 9.37 Å². The normalized spacial score (nSPS) is 11.0. The van der Waals surface area contributed by atoms with Crippen LogP contribution in [0.4, 0.5) is 9.52 Å². The highest BCUT2D eigenvalue weighted by molar-refractivity contribution is 7.99. The molecule has 0 bridgehead atoms. The van der Waals surface area contributed by atoms with Crippen molar-refractivity contribution in [1.82, 2.24) is 15.2 Å². The van der Waals surface area contributed by atoms with E-state index in [1.807, 2.05) is 25.1 Å². The maximum atomic E-state index is 13.0. The molecular formula is C19H15FN4O3S2. The average Bonchev–Trinajstić information content (AvgIpc) is 3.33. The number of thioether (sulfide) groups is 1. The van der Waals surface area contributed by atoms with Crippen LogP contribution in [-0.2, 0) is 4.79 Å². The van der Waals surface area contributed by atoms with E-state index in [0.29, 0.717) is 17.3 Å². The van der Waals surface area contributed by atoms with E-state index in [0.717, 1.165) is 27.7 Å². The van der Waals surface area contributed by atoms with E-state index in [4.69, 9.17) is 9.15 Å². The Kier molecular flexibility index (Phi) is 5.72. The van der Waals surface area contributed by atoms with E-state index in [1.165, 1.54) is 23.5 Å². The number of ether oxygens (including phenoxy) is 1. The Hall–Kier alpha value is -2.98. The third-order valence-corrected chi connectivity index (χ3v) is 5.49. The Bertz CT molecular complexity index is 1140. The summed E-state index contributed by atoms with van der Waals surface area (Å²) in [5, 5.41) is 11.4. The van der Waals surface area contributed by atoms with Crippen LogP contribution in [-0.4, -0.2) is 33.4 Å². The first-order chi connectivity index (χ1) is 14.1. The molecule has 29 heavy (non-hydrogen) atoms. The summed E-state index contributed by atoms with van der Waals surface area (Å²) in [6.07, 6.45) is 0. The third-order valence-electron chi connectivity index (χ3n) is 3.74. The van der Waals surface area contributed by atoms with Gasteiger partial charge < -0.3 is 14.5 Å². The first kappa shape index (κ1) is 19.3. The molecule has 0 radical (unpaired) electrons. The second-order valence-electron chi connectivity index (χ2n) is 5.80. The standard InChI is InChI=1S/C19H15FN4O3S2/c1-2-26-13-7-8-14-15(9-13)29-18(21-14)22-16(25)10-28-19-24-23-17(27-19)11-3-5-12(20)6-4-11/h3-9H,2,10H2,1H3,(H,21,22,25). The van der Waals surface area contributed by atoms with Gasteiger partial charge in [-0.15, -0.1) is 10.2 Å². The van der Waals surface area contributed by atoms with E-state index in [9.17, 15) is 9.18 Å². The van der Waals surface area contributed by atoms with Crippen LogP contribution in [0.3, 0.4) is 0 Å². The molecule has 10 heteroatoms. The summed E-state index contributed by atoms with van der Waals surface area (Å²) < 4.78 is 24.9. The lowest BCUT2D eigenvalue weighted by atomic mass is 10.2. The van der Waals surface area contributed by atoms with E-state index >= 15 is 0 Å². The van der Waals surface area contributed by atoms with Gasteiger partial charge in [0.1, 0.15) is 11.6 Å². The molecule has 2 aromatic carbocycles. The second-order valence-corrected chi connectivity index (χ2v) is 7.76. The van der Waals surface area contributed by atoms with Crippen LogP contribution in [0.1, 0.15) is 6.92 Å². The molecule has 7 nitrogen and oxygen atoms in total. The zero-order valence-electron chi connectivity index (χ0n) is 15.2. The van der Waals surface area contributed by atoms with Crippen molar-refractivity contribution in [3.63, 3.8) is 0 Å². The first-order valence-electron chi connectivity index (χ1n) is 8.66. The highest BCUT2D eigenvalue weighted by Crippen LogP contribution is 2.29. The molecule has 148 valence electrons. The van der Waals surface area contributed by atoms with Crippen molar-refractivity contribution in [3.8, 4) is 17.2 Å². The zero-order valence-corrected chi connectivity index (χ0v) is 16.8.